The molecule has 1 amide bonds. The molecule has 0 aliphatic carbocycles. The molecule has 1 saturated heterocycles. The largest absolute Gasteiger partial charge is 0.375 e. The van der Waals surface area contributed by atoms with E-state index in [4.69, 9.17) is 4.74 Å². The first-order valence-electron chi connectivity index (χ1n) is 8.99. The highest BCUT2D eigenvalue weighted by atomic mass is 16.5. The van der Waals surface area contributed by atoms with Gasteiger partial charge in [-0.1, -0.05) is 30.3 Å². The summed E-state index contributed by atoms with van der Waals surface area (Å²) >= 11 is 0. The lowest BCUT2D eigenvalue weighted by molar-refractivity contribution is -0.136. The molecule has 1 aliphatic heterocycles. The fourth-order valence-corrected chi connectivity index (χ4v) is 3.41. The van der Waals surface area contributed by atoms with Crippen molar-refractivity contribution in [2.45, 2.75) is 26.3 Å². The predicted molar refractivity (Wildman–Crippen MR) is 99.9 cm³/mol. The number of carbonyl (C=O) groups is 1. The molecule has 0 unspecified atom stereocenters. The number of likely N-dealkylation sites (tertiary alicyclic amines) is 1. The van der Waals surface area contributed by atoms with Crippen molar-refractivity contribution in [2.75, 3.05) is 26.8 Å². The normalized spacial score (nSPS) is 15.2. The number of methoxy groups -OCH3 is 1. The van der Waals surface area contributed by atoms with Gasteiger partial charge >= 0.3 is 0 Å². The van der Waals surface area contributed by atoms with Crippen LogP contribution in [-0.4, -0.2) is 47.4 Å². The Bertz CT molecular complexity index is 809. The van der Waals surface area contributed by atoms with Crippen LogP contribution in [0.5, 0.6) is 0 Å². The van der Waals surface area contributed by atoms with Gasteiger partial charge in [0.1, 0.15) is 6.61 Å². The summed E-state index contributed by atoms with van der Waals surface area (Å²) in [5, 5.41) is 4.62. The van der Waals surface area contributed by atoms with Gasteiger partial charge in [-0.25, -0.2) is 4.68 Å². The number of aryl methyl sites for hydroxylation is 1. The highest BCUT2D eigenvalue weighted by Crippen LogP contribution is 2.21. The van der Waals surface area contributed by atoms with Crippen LogP contribution in [0.25, 0.3) is 11.3 Å². The van der Waals surface area contributed by atoms with Crippen molar-refractivity contribution in [1.82, 2.24) is 14.7 Å². The SMILES string of the molecule is COCC(=O)N1CCC(Cn2nc(-c3ccccc3)c(C)cc2=O)CC1. The van der Waals surface area contributed by atoms with Crippen molar-refractivity contribution in [3.05, 3.63) is 52.3 Å². The Morgan fingerprint density at radius 2 is 1.92 bits per heavy atom. The van der Waals surface area contributed by atoms with Gasteiger partial charge in [0.2, 0.25) is 5.91 Å². The molecule has 138 valence electrons. The number of hydrogen-bond acceptors (Lipinski definition) is 4. The smallest absolute Gasteiger partial charge is 0.267 e. The summed E-state index contributed by atoms with van der Waals surface area (Å²) in [6, 6.07) is 11.6. The van der Waals surface area contributed by atoms with E-state index in [-0.39, 0.29) is 18.1 Å². The minimum Gasteiger partial charge on any atom is -0.375 e. The Morgan fingerprint density at radius 3 is 2.58 bits per heavy atom. The molecule has 0 N–H and O–H groups in total. The third-order valence-electron chi connectivity index (χ3n) is 4.90. The van der Waals surface area contributed by atoms with Crippen LogP contribution < -0.4 is 5.56 Å². The maximum atomic E-state index is 12.4. The lowest BCUT2D eigenvalue weighted by Gasteiger charge is -2.32. The molecular weight excluding hydrogens is 330 g/mol. The molecule has 2 aromatic rings. The van der Waals surface area contributed by atoms with Gasteiger partial charge in [0, 0.05) is 38.4 Å². The van der Waals surface area contributed by atoms with Crippen LogP contribution in [0.4, 0.5) is 0 Å². The minimum absolute atomic E-state index is 0.0305. The van der Waals surface area contributed by atoms with E-state index in [1.54, 1.807) is 10.7 Å². The molecule has 0 radical (unpaired) electrons. The molecule has 1 aromatic carbocycles. The fraction of sp³-hybridized carbons (Fsp3) is 0.450. The van der Waals surface area contributed by atoms with Gasteiger partial charge in [-0.3, -0.25) is 9.59 Å². The summed E-state index contributed by atoms with van der Waals surface area (Å²) in [5.74, 6) is 0.376. The quantitative estimate of drug-likeness (QED) is 0.824. The standard InChI is InChI=1S/C20H25N3O3/c1-15-12-18(24)23(21-20(15)17-6-4-3-5-7-17)13-16-8-10-22(11-9-16)19(25)14-26-2/h3-7,12,16H,8-11,13-14H2,1-2H3. The molecule has 6 nitrogen and oxygen atoms in total. The first-order valence-corrected chi connectivity index (χ1v) is 8.99. The maximum absolute atomic E-state index is 12.4. The van der Waals surface area contributed by atoms with Crippen molar-refractivity contribution >= 4 is 5.91 Å². The zero-order valence-electron chi connectivity index (χ0n) is 15.4. The van der Waals surface area contributed by atoms with Gasteiger partial charge in [0.15, 0.2) is 0 Å². The van der Waals surface area contributed by atoms with Crippen molar-refractivity contribution in [3.63, 3.8) is 0 Å². The number of nitrogens with zero attached hydrogens (tertiary/aromatic N) is 3. The van der Waals surface area contributed by atoms with E-state index in [0.29, 0.717) is 25.6 Å². The number of carbonyl (C=O) groups excluding carboxylic acids is 1. The van der Waals surface area contributed by atoms with E-state index in [9.17, 15) is 9.59 Å². The molecular formula is C20H25N3O3. The van der Waals surface area contributed by atoms with Crippen LogP contribution >= 0.6 is 0 Å². The molecule has 1 aromatic heterocycles. The molecule has 1 aliphatic rings. The topological polar surface area (TPSA) is 64.4 Å². The van der Waals surface area contributed by atoms with Crippen LogP contribution in [0.3, 0.4) is 0 Å². The Balaban J connectivity index is 1.71. The summed E-state index contributed by atoms with van der Waals surface area (Å²) in [4.78, 5) is 26.1. The van der Waals surface area contributed by atoms with Gasteiger partial charge in [-0.2, -0.15) is 5.10 Å². The van der Waals surface area contributed by atoms with Gasteiger partial charge in [0.05, 0.1) is 5.69 Å². The number of ether oxygens (including phenoxy) is 1. The summed E-state index contributed by atoms with van der Waals surface area (Å²) in [6.45, 7) is 4.05. The van der Waals surface area contributed by atoms with Crippen LogP contribution in [0.15, 0.2) is 41.2 Å². The second-order valence-electron chi connectivity index (χ2n) is 6.82. The van der Waals surface area contributed by atoms with E-state index in [1.165, 1.54) is 7.11 Å². The number of piperidine rings is 1. The number of hydrogen-bond donors (Lipinski definition) is 0. The predicted octanol–water partition coefficient (Wildman–Crippen LogP) is 2.10. The third-order valence-corrected chi connectivity index (χ3v) is 4.90. The lowest BCUT2D eigenvalue weighted by Crippen LogP contribution is -2.41. The van der Waals surface area contributed by atoms with E-state index in [1.807, 2.05) is 42.2 Å². The zero-order valence-corrected chi connectivity index (χ0v) is 15.4. The Morgan fingerprint density at radius 1 is 1.23 bits per heavy atom. The van der Waals surface area contributed by atoms with Crippen LogP contribution in [0.1, 0.15) is 18.4 Å². The molecule has 3 rings (SSSR count). The van der Waals surface area contributed by atoms with E-state index in [0.717, 1.165) is 29.7 Å². The monoisotopic (exact) mass is 355 g/mol. The first-order chi connectivity index (χ1) is 12.6. The fourth-order valence-electron chi connectivity index (χ4n) is 3.41. The second kappa shape index (κ2) is 8.27. The molecule has 0 spiro atoms. The molecule has 2 heterocycles. The Labute approximate surface area is 153 Å². The van der Waals surface area contributed by atoms with Gasteiger partial charge in [-0.05, 0) is 31.2 Å². The minimum atomic E-state index is -0.0694. The summed E-state index contributed by atoms with van der Waals surface area (Å²) in [7, 11) is 1.53. The van der Waals surface area contributed by atoms with E-state index >= 15 is 0 Å². The number of rotatable bonds is 5. The highest BCUT2D eigenvalue weighted by Gasteiger charge is 2.23. The van der Waals surface area contributed by atoms with Crippen molar-refractivity contribution in [2.24, 2.45) is 5.92 Å². The summed E-state index contributed by atoms with van der Waals surface area (Å²) in [6.07, 6.45) is 1.75. The maximum Gasteiger partial charge on any atom is 0.267 e. The van der Waals surface area contributed by atoms with E-state index < -0.39 is 0 Å². The van der Waals surface area contributed by atoms with Gasteiger partial charge < -0.3 is 9.64 Å². The molecule has 26 heavy (non-hydrogen) atoms. The first kappa shape index (κ1) is 18.3. The number of benzene rings is 1. The molecule has 0 saturated carbocycles. The summed E-state index contributed by atoms with van der Waals surface area (Å²) in [5.41, 5.74) is 2.68. The van der Waals surface area contributed by atoms with Crippen LogP contribution in [-0.2, 0) is 16.1 Å². The van der Waals surface area contributed by atoms with Gasteiger partial charge in [0.25, 0.3) is 5.56 Å². The number of amides is 1. The zero-order chi connectivity index (χ0) is 18.5. The molecule has 0 bridgehead atoms. The van der Waals surface area contributed by atoms with Gasteiger partial charge in [-0.15, -0.1) is 0 Å². The van der Waals surface area contributed by atoms with Crippen molar-refractivity contribution in [1.29, 1.82) is 0 Å². The second-order valence-corrected chi connectivity index (χ2v) is 6.82. The van der Waals surface area contributed by atoms with Crippen LogP contribution in [0, 0.1) is 12.8 Å². The molecule has 6 heteroatoms. The summed E-state index contributed by atoms with van der Waals surface area (Å²) < 4.78 is 6.49. The molecule has 1 fully saturated rings. The van der Waals surface area contributed by atoms with E-state index in [2.05, 4.69) is 5.10 Å². The number of aromatic nitrogens is 2. The average Bonchev–Trinajstić information content (AvgIpc) is 2.65. The molecule has 0 atom stereocenters. The highest BCUT2D eigenvalue weighted by molar-refractivity contribution is 5.77. The van der Waals surface area contributed by atoms with Crippen molar-refractivity contribution < 1.29 is 9.53 Å². The van der Waals surface area contributed by atoms with Crippen LogP contribution in [0.2, 0.25) is 0 Å². The lowest BCUT2D eigenvalue weighted by atomic mass is 9.96. The third kappa shape index (κ3) is 4.19. The van der Waals surface area contributed by atoms with Crippen molar-refractivity contribution in [3.8, 4) is 11.3 Å². The Kier molecular flexibility index (Phi) is 5.83. The average molecular weight is 355 g/mol. The Hall–Kier alpha value is -2.47.